The SMILES string of the molecule is CC1(I)CCNCCS1. The van der Waals surface area contributed by atoms with Gasteiger partial charge in [0.25, 0.3) is 0 Å². The maximum Gasteiger partial charge on any atom is 0.0657 e. The number of hydrogen-bond acceptors (Lipinski definition) is 2. The smallest absolute Gasteiger partial charge is 0.0657 e. The fourth-order valence-corrected chi connectivity index (χ4v) is 2.69. The molecule has 0 bridgehead atoms. The molecule has 9 heavy (non-hydrogen) atoms. The lowest BCUT2D eigenvalue weighted by Crippen LogP contribution is -2.17. The van der Waals surface area contributed by atoms with E-state index in [-0.39, 0.29) is 0 Å². The van der Waals surface area contributed by atoms with Gasteiger partial charge in [-0.05, 0) is 19.9 Å². The van der Waals surface area contributed by atoms with Gasteiger partial charge in [-0.25, -0.2) is 0 Å². The quantitative estimate of drug-likeness (QED) is 0.525. The van der Waals surface area contributed by atoms with Crippen molar-refractivity contribution in [3.05, 3.63) is 0 Å². The van der Waals surface area contributed by atoms with Crippen molar-refractivity contribution in [3.8, 4) is 0 Å². The van der Waals surface area contributed by atoms with E-state index in [0.29, 0.717) is 2.75 Å². The summed E-state index contributed by atoms with van der Waals surface area (Å²) in [6.45, 7) is 4.68. The number of halogens is 1. The van der Waals surface area contributed by atoms with Crippen LogP contribution in [0.1, 0.15) is 13.3 Å². The summed E-state index contributed by atoms with van der Waals surface area (Å²) in [5, 5.41) is 3.38. The first kappa shape index (κ1) is 8.14. The monoisotopic (exact) mass is 257 g/mol. The molecule has 0 saturated carbocycles. The maximum absolute atomic E-state index is 3.38. The molecule has 0 amide bonds. The topological polar surface area (TPSA) is 12.0 Å². The van der Waals surface area contributed by atoms with Gasteiger partial charge in [0.15, 0.2) is 0 Å². The van der Waals surface area contributed by atoms with Crippen molar-refractivity contribution < 1.29 is 0 Å². The zero-order valence-corrected chi connectivity index (χ0v) is 8.59. The third kappa shape index (κ3) is 3.09. The minimum atomic E-state index is 0.487. The highest BCUT2D eigenvalue weighted by Gasteiger charge is 2.21. The fourth-order valence-electron chi connectivity index (χ4n) is 0.845. The molecule has 3 heteroatoms. The molecule has 0 aromatic heterocycles. The van der Waals surface area contributed by atoms with Crippen LogP contribution < -0.4 is 5.32 Å². The Balaban J connectivity index is 2.36. The molecule has 1 N–H and O–H groups in total. The lowest BCUT2D eigenvalue weighted by molar-refractivity contribution is 0.683. The molecular weight excluding hydrogens is 245 g/mol. The summed E-state index contributed by atoms with van der Waals surface area (Å²) in [6.07, 6.45) is 1.29. The van der Waals surface area contributed by atoms with Crippen molar-refractivity contribution in [2.45, 2.75) is 16.1 Å². The first-order valence-corrected chi connectivity index (χ1v) is 5.31. The molecule has 1 fully saturated rings. The molecule has 1 nitrogen and oxygen atoms in total. The highest BCUT2D eigenvalue weighted by Crippen LogP contribution is 2.35. The Morgan fingerprint density at radius 1 is 1.56 bits per heavy atom. The average Bonchev–Trinajstić information content (AvgIpc) is 1.92. The van der Waals surface area contributed by atoms with Crippen LogP contribution in [-0.4, -0.2) is 21.6 Å². The number of alkyl halides is 1. The minimum absolute atomic E-state index is 0.487. The van der Waals surface area contributed by atoms with E-state index in [1.807, 2.05) is 0 Å². The molecule has 1 unspecified atom stereocenters. The largest absolute Gasteiger partial charge is 0.316 e. The van der Waals surface area contributed by atoms with Gasteiger partial charge in [-0.15, -0.1) is 11.8 Å². The van der Waals surface area contributed by atoms with Gasteiger partial charge in [0.05, 0.1) is 2.75 Å². The highest BCUT2D eigenvalue weighted by molar-refractivity contribution is 14.1. The lowest BCUT2D eigenvalue weighted by Gasteiger charge is -2.17. The predicted molar refractivity (Wildman–Crippen MR) is 52.4 cm³/mol. The third-order valence-electron chi connectivity index (χ3n) is 1.43. The first-order valence-electron chi connectivity index (χ1n) is 3.24. The van der Waals surface area contributed by atoms with Gasteiger partial charge in [0, 0.05) is 12.3 Å². The van der Waals surface area contributed by atoms with Crippen molar-refractivity contribution in [1.29, 1.82) is 0 Å². The van der Waals surface area contributed by atoms with Gasteiger partial charge in [-0.2, -0.15) is 0 Å². The van der Waals surface area contributed by atoms with Crippen LogP contribution in [0.2, 0.25) is 0 Å². The first-order chi connectivity index (χ1) is 4.21. The maximum atomic E-state index is 3.38. The molecule has 0 aromatic rings. The summed E-state index contributed by atoms with van der Waals surface area (Å²) >= 11 is 4.60. The van der Waals surface area contributed by atoms with Gasteiger partial charge >= 0.3 is 0 Å². The molecule has 1 aliphatic heterocycles. The van der Waals surface area contributed by atoms with E-state index in [1.54, 1.807) is 0 Å². The lowest BCUT2D eigenvalue weighted by atomic mass is 10.3. The van der Waals surface area contributed by atoms with E-state index < -0.39 is 0 Å². The second-order valence-corrected chi connectivity index (χ2v) is 7.16. The molecule has 1 saturated heterocycles. The minimum Gasteiger partial charge on any atom is -0.316 e. The van der Waals surface area contributed by atoms with Crippen molar-refractivity contribution in [3.63, 3.8) is 0 Å². The van der Waals surface area contributed by atoms with Crippen LogP contribution >= 0.6 is 34.4 Å². The van der Waals surface area contributed by atoms with Crippen LogP contribution in [0.15, 0.2) is 0 Å². The molecule has 1 aliphatic rings. The molecule has 1 heterocycles. The number of nitrogens with one attached hydrogen (secondary N) is 1. The van der Waals surface area contributed by atoms with Crippen molar-refractivity contribution in [2.75, 3.05) is 18.8 Å². The van der Waals surface area contributed by atoms with Crippen LogP contribution in [0.4, 0.5) is 0 Å². The van der Waals surface area contributed by atoms with Crippen molar-refractivity contribution >= 4 is 34.4 Å². The zero-order valence-electron chi connectivity index (χ0n) is 5.61. The van der Waals surface area contributed by atoms with Gasteiger partial charge in [0.1, 0.15) is 0 Å². The summed E-state index contributed by atoms with van der Waals surface area (Å²) < 4.78 is 0.487. The van der Waals surface area contributed by atoms with Crippen molar-refractivity contribution in [2.24, 2.45) is 0 Å². The Labute approximate surface area is 74.5 Å². The summed E-state index contributed by atoms with van der Waals surface area (Å²) in [5.74, 6) is 1.26. The van der Waals surface area contributed by atoms with E-state index in [1.165, 1.54) is 25.3 Å². The Hall–Kier alpha value is 1.04. The summed E-state index contributed by atoms with van der Waals surface area (Å²) in [6, 6.07) is 0. The zero-order chi connectivity index (χ0) is 6.74. The van der Waals surface area contributed by atoms with Crippen molar-refractivity contribution in [1.82, 2.24) is 5.32 Å². The van der Waals surface area contributed by atoms with E-state index >= 15 is 0 Å². The van der Waals surface area contributed by atoms with Crippen LogP contribution in [-0.2, 0) is 0 Å². The number of rotatable bonds is 0. The molecular formula is C6H12INS. The van der Waals surface area contributed by atoms with Crippen LogP contribution in [0.5, 0.6) is 0 Å². The fraction of sp³-hybridized carbons (Fsp3) is 1.00. The molecule has 1 atom stereocenters. The molecule has 1 rings (SSSR count). The molecule has 0 radical (unpaired) electrons. The van der Waals surface area contributed by atoms with Crippen LogP contribution in [0, 0.1) is 0 Å². The Kier molecular flexibility index (Phi) is 3.11. The Morgan fingerprint density at radius 3 is 3.11 bits per heavy atom. The van der Waals surface area contributed by atoms with Gasteiger partial charge in [0.2, 0.25) is 0 Å². The average molecular weight is 257 g/mol. The third-order valence-corrected chi connectivity index (χ3v) is 4.12. The van der Waals surface area contributed by atoms with Crippen LogP contribution in [0.25, 0.3) is 0 Å². The second-order valence-electron chi connectivity index (χ2n) is 2.45. The Bertz CT molecular complexity index is 85.1. The predicted octanol–water partition coefficient (Wildman–Crippen LogP) is 1.86. The van der Waals surface area contributed by atoms with Crippen LogP contribution in [0.3, 0.4) is 0 Å². The van der Waals surface area contributed by atoms with E-state index in [4.69, 9.17) is 0 Å². The number of hydrogen-bond donors (Lipinski definition) is 1. The number of thioether (sulfide) groups is 1. The van der Waals surface area contributed by atoms with E-state index in [0.717, 1.165) is 0 Å². The standard InChI is InChI=1S/C6H12INS/c1-6(7)2-3-8-4-5-9-6/h8H,2-5H2,1H3. The Morgan fingerprint density at radius 2 is 2.33 bits per heavy atom. The van der Waals surface area contributed by atoms with Gasteiger partial charge < -0.3 is 5.32 Å². The summed E-state index contributed by atoms with van der Waals surface area (Å²) in [5.41, 5.74) is 0. The summed E-state index contributed by atoms with van der Waals surface area (Å²) in [7, 11) is 0. The normalized spacial score (nSPS) is 38.0. The molecule has 0 aromatic carbocycles. The highest BCUT2D eigenvalue weighted by atomic mass is 127. The van der Waals surface area contributed by atoms with E-state index in [9.17, 15) is 0 Å². The summed E-state index contributed by atoms with van der Waals surface area (Å²) in [4.78, 5) is 0. The molecule has 0 aliphatic carbocycles. The molecule has 54 valence electrons. The van der Waals surface area contributed by atoms with Gasteiger partial charge in [-0.1, -0.05) is 22.6 Å². The molecule has 0 spiro atoms. The van der Waals surface area contributed by atoms with Gasteiger partial charge in [-0.3, -0.25) is 0 Å². The second kappa shape index (κ2) is 3.44. The van der Waals surface area contributed by atoms with E-state index in [2.05, 4.69) is 46.6 Å².